The van der Waals surface area contributed by atoms with Crippen molar-refractivity contribution in [3.63, 3.8) is 0 Å². The maximum atomic E-state index is 6.01. The number of rotatable bonds is 3. The first kappa shape index (κ1) is 14.6. The molecule has 21 heavy (non-hydrogen) atoms. The lowest BCUT2D eigenvalue weighted by atomic mass is 10.2. The topological polar surface area (TPSA) is 22.1 Å². The Labute approximate surface area is 140 Å². The van der Waals surface area contributed by atoms with Gasteiger partial charge in [0.2, 0.25) is 5.88 Å². The molecule has 106 valence electrons. The maximum absolute atomic E-state index is 6.01. The minimum Gasteiger partial charge on any atom is -0.437 e. The summed E-state index contributed by atoms with van der Waals surface area (Å²) in [6, 6.07) is 15.2. The highest BCUT2D eigenvalue weighted by Gasteiger charge is 2.11. The second kappa shape index (κ2) is 6.22. The van der Waals surface area contributed by atoms with Gasteiger partial charge in [-0.3, -0.25) is 0 Å². The molecule has 0 saturated carbocycles. The predicted molar refractivity (Wildman–Crippen MR) is 90.5 cm³/mol. The molecule has 0 fully saturated rings. The molecule has 1 heterocycles. The van der Waals surface area contributed by atoms with Gasteiger partial charge in [-0.05, 0) is 46.3 Å². The van der Waals surface area contributed by atoms with Crippen molar-refractivity contribution in [1.82, 2.24) is 4.98 Å². The highest BCUT2D eigenvalue weighted by Crippen LogP contribution is 2.34. The van der Waals surface area contributed by atoms with E-state index in [1.165, 1.54) is 0 Å². The summed E-state index contributed by atoms with van der Waals surface area (Å²) in [6.07, 6.45) is 0. The van der Waals surface area contributed by atoms with E-state index in [0.29, 0.717) is 22.5 Å². The van der Waals surface area contributed by atoms with Gasteiger partial charge in [-0.1, -0.05) is 29.8 Å². The first-order chi connectivity index (χ1) is 10.2. The number of aromatic nitrogens is 1. The summed E-state index contributed by atoms with van der Waals surface area (Å²) in [4.78, 5) is 4.54. The number of fused-ring (bicyclic) bond motifs is 1. The first-order valence-electron chi connectivity index (χ1n) is 6.25. The second-order valence-electron chi connectivity index (χ2n) is 4.46. The Kier molecular flexibility index (Phi) is 4.34. The number of para-hydroxylation sites is 1. The average molecular weight is 383 g/mol. The summed E-state index contributed by atoms with van der Waals surface area (Å²) < 4.78 is 6.66. The fourth-order valence-electron chi connectivity index (χ4n) is 1.99. The largest absolute Gasteiger partial charge is 0.437 e. The number of nitrogens with zero attached hydrogens (tertiary/aromatic N) is 1. The molecule has 2 nitrogen and oxygen atoms in total. The van der Waals surface area contributed by atoms with E-state index in [1.807, 2.05) is 30.3 Å². The molecule has 2 aromatic carbocycles. The summed E-state index contributed by atoms with van der Waals surface area (Å²) in [6.45, 7) is 0. The van der Waals surface area contributed by atoms with Gasteiger partial charge in [0.1, 0.15) is 5.75 Å². The quantitative estimate of drug-likeness (QED) is 0.504. The number of ether oxygens (including phenoxy) is 1. The molecular weight excluding hydrogens is 373 g/mol. The lowest BCUT2D eigenvalue weighted by molar-refractivity contribution is 0.458. The van der Waals surface area contributed by atoms with Crippen molar-refractivity contribution in [2.24, 2.45) is 0 Å². The van der Waals surface area contributed by atoms with Crippen LogP contribution < -0.4 is 4.74 Å². The molecule has 1 aromatic heterocycles. The van der Waals surface area contributed by atoms with Gasteiger partial charge < -0.3 is 4.74 Å². The summed E-state index contributed by atoms with van der Waals surface area (Å²) in [5.41, 5.74) is 1.71. The van der Waals surface area contributed by atoms with Gasteiger partial charge in [-0.25, -0.2) is 4.98 Å². The van der Waals surface area contributed by atoms with Gasteiger partial charge in [-0.2, -0.15) is 0 Å². The highest BCUT2D eigenvalue weighted by molar-refractivity contribution is 9.10. The van der Waals surface area contributed by atoms with Crippen molar-refractivity contribution in [2.75, 3.05) is 0 Å². The van der Waals surface area contributed by atoms with E-state index >= 15 is 0 Å². The molecule has 0 aliphatic rings. The normalized spacial score (nSPS) is 10.8. The molecule has 0 amide bonds. The Balaban J connectivity index is 2.06. The number of alkyl halides is 1. The van der Waals surface area contributed by atoms with Crippen molar-refractivity contribution in [1.29, 1.82) is 0 Å². The van der Waals surface area contributed by atoms with Crippen LogP contribution in [-0.2, 0) is 5.88 Å². The van der Waals surface area contributed by atoms with Crippen LogP contribution in [0.4, 0.5) is 0 Å². The SMILES string of the molecule is ClCc1cc2ccccc2nc1Oc1ccc(Cl)cc1Br. The Morgan fingerprint density at radius 3 is 2.67 bits per heavy atom. The Morgan fingerprint density at radius 1 is 1.10 bits per heavy atom. The van der Waals surface area contributed by atoms with Crippen LogP contribution in [0.1, 0.15) is 5.56 Å². The van der Waals surface area contributed by atoms with Crippen LogP contribution >= 0.6 is 39.1 Å². The molecule has 0 radical (unpaired) electrons. The zero-order valence-electron chi connectivity index (χ0n) is 10.8. The summed E-state index contributed by atoms with van der Waals surface area (Å²) in [7, 11) is 0. The van der Waals surface area contributed by atoms with Crippen LogP contribution in [-0.4, -0.2) is 4.98 Å². The Morgan fingerprint density at radius 2 is 1.90 bits per heavy atom. The molecule has 0 atom stereocenters. The molecule has 0 aliphatic carbocycles. The van der Waals surface area contributed by atoms with Crippen LogP contribution in [0.3, 0.4) is 0 Å². The first-order valence-corrected chi connectivity index (χ1v) is 7.95. The maximum Gasteiger partial charge on any atom is 0.224 e. The van der Waals surface area contributed by atoms with Crippen molar-refractivity contribution < 1.29 is 4.74 Å². The van der Waals surface area contributed by atoms with Gasteiger partial charge in [0, 0.05) is 16.0 Å². The molecule has 3 rings (SSSR count). The number of pyridine rings is 1. The van der Waals surface area contributed by atoms with Crippen LogP contribution in [0.5, 0.6) is 11.6 Å². The highest BCUT2D eigenvalue weighted by atomic mass is 79.9. The number of halogens is 3. The number of hydrogen-bond acceptors (Lipinski definition) is 2. The zero-order valence-corrected chi connectivity index (χ0v) is 13.9. The summed E-state index contributed by atoms with van der Waals surface area (Å²) >= 11 is 15.4. The molecular formula is C16H10BrCl2NO. The summed E-state index contributed by atoms with van der Waals surface area (Å²) in [5, 5.41) is 1.67. The minimum atomic E-state index is 0.332. The van der Waals surface area contributed by atoms with Crippen molar-refractivity contribution in [2.45, 2.75) is 5.88 Å². The minimum absolute atomic E-state index is 0.332. The zero-order chi connectivity index (χ0) is 14.8. The molecule has 0 spiro atoms. The molecule has 0 saturated heterocycles. The van der Waals surface area contributed by atoms with Gasteiger partial charge in [-0.15, -0.1) is 11.6 Å². The molecule has 0 unspecified atom stereocenters. The third kappa shape index (κ3) is 3.15. The molecule has 5 heteroatoms. The van der Waals surface area contributed by atoms with Crippen molar-refractivity contribution >= 4 is 50.0 Å². The van der Waals surface area contributed by atoms with Gasteiger partial charge in [0.05, 0.1) is 15.9 Å². The molecule has 3 aromatic rings. The standard InChI is InChI=1S/C16H10BrCl2NO/c17-13-8-12(19)5-6-15(13)21-16-11(9-18)7-10-3-1-2-4-14(10)20-16/h1-8H,9H2. The van der Waals surface area contributed by atoms with Crippen LogP contribution in [0.15, 0.2) is 53.0 Å². The van der Waals surface area contributed by atoms with Crippen LogP contribution in [0.2, 0.25) is 5.02 Å². The van der Waals surface area contributed by atoms with E-state index in [1.54, 1.807) is 18.2 Å². The lowest BCUT2D eigenvalue weighted by Crippen LogP contribution is -1.95. The van der Waals surface area contributed by atoms with E-state index in [-0.39, 0.29) is 0 Å². The summed E-state index contributed by atoms with van der Waals surface area (Å²) in [5.74, 6) is 1.48. The van der Waals surface area contributed by atoms with E-state index in [9.17, 15) is 0 Å². The number of benzene rings is 2. The van der Waals surface area contributed by atoms with Crippen molar-refractivity contribution in [3.8, 4) is 11.6 Å². The monoisotopic (exact) mass is 381 g/mol. The molecule has 0 N–H and O–H groups in total. The lowest BCUT2D eigenvalue weighted by Gasteiger charge is -2.11. The second-order valence-corrected chi connectivity index (χ2v) is 6.01. The predicted octanol–water partition coefficient (Wildman–Crippen LogP) is 6.18. The Hall–Kier alpha value is -1.29. The van der Waals surface area contributed by atoms with E-state index < -0.39 is 0 Å². The fraction of sp³-hybridized carbons (Fsp3) is 0.0625. The van der Waals surface area contributed by atoms with E-state index in [2.05, 4.69) is 20.9 Å². The van der Waals surface area contributed by atoms with E-state index in [0.717, 1.165) is 20.9 Å². The average Bonchev–Trinajstić information content (AvgIpc) is 2.49. The van der Waals surface area contributed by atoms with Crippen molar-refractivity contribution in [3.05, 3.63) is 63.6 Å². The van der Waals surface area contributed by atoms with Gasteiger partial charge >= 0.3 is 0 Å². The Bertz CT molecular complexity index is 807. The van der Waals surface area contributed by atoms with Crippen LogP contribution in [0.25, 0.3) is 10.9 Å². The van der Waals surface area contributed by atoms with Crippen LogP contribution in [0, 0.1) is 0 Å². The molecule has 0 bridgehead atoms. The van der Waals surface area contributed by atoms with Gasteiger partial charge in [0.15, 0.2) is 0 Å². The van der Waals surface area contributed by atoms with E-state index in [4.69, 9.17) is 27.9 Å². The fourth-order valence-corrected chi connectivity index (χ4v) is 2.94. The third-order valence-electron chi connectivity index (χ3n) is 3.01. The number of hydrogen-bond donors (Lipinski definition) is 0. The smallest absolute Gasteiger partial charge is 0.224 e. The molecule has 0 aliphatic heterocycles. The van der Waals surface area contributed by atoms with Gasteiger partial charge in [0.25, 0.3) is 0 Å². The third-order valence-corrected chi connectivity index (χ3v) is 4.15.